The summed E-state index contributed by atoms with van der Waals surface area (Å²) in [6, 6.07) is -0.539. The van der Waals surface area contributed by atoms with E-state index in [1.165, 1.54) is 334 Å². The highest BCUT2D eigenvalue weighted by Gasteiger charge is 2.20. The van der Waals surface area contributed by atoms with Crippen LogP contribution >= 0.6 is 0 Å². The van der Waals surface area contributed by atoms with E-state index in [0.29, 0.717) is 25.9 Å². The number of amides is 1. The molecule has 0 spiro atoms. The van der Waals surface area contributed by atoms with Crippen LogP contribution in [-0.4, -0.2) is 47.4 Å². The summed E-state index contributed by atoms with van der Waals surface area (Å²) in [6.07, 6.45) is 78.6. The standard InChI is InChI=1S/C69H137NO5/c1-3-5-7-9-11-13-15-17-18-19-28-31-34-38-41-45-49-53-57-61-67(72)66(65-71)70-68(73)62-58-54-50-46-42-39-35-32-29-26-24-22-20-21-23-25-27-30-33-36-40-44-48-52-56-60-64-75-69(74)63-59-55-51-47-43-37-16-14-12-10-8-6-4-2/h66-67,71-72H,3-65H2,1-2H3,(H,70,73). The fraction of sp³-hybridized carbons (Fsp3) is 0.971. The van der Waals surface area contributed by atoms with E-state index >= 15 is 0 Å². The molecule has 0 aromatic rings. The second-order valence-electron chi connectivity index (χ2n) is 24.2. The maximum Gasteiger partial charge on any atom is 0.305 e. The van der Waals surface area contributed by atoms with Crippen LogP contribution in [0.4, 0.5) is 0 Å². The summed E-state index contributed by atoms with van der Waals surface area (Å²) in [5.74, 6) is -0.00766. The number of carbonyl (C=O) groups is 2. The minimum Gasteiger partial charge on any atom is -0.466 e. The molecule has 0 aliphatic carbocycles. The molecule has 6 heteroatoms. The van der Waals surface area contributed by atoms with E-state index in [4.69, 9.17) is 4.74 Å². The van der Waals surface area contributed by atoms with Crippen molar-refractivity contribution in [3.05, 3.63) is 0 Å². The Balaban J connectivity index is 3.34. The van der Waals surface area contributed by atoms with Crippen molar-refractivity contribution >= 4 is 11.9 Å². The zero-order valence-electron chi connectivity index (χ0n) is 51.3. The van der Waals surface area contributed by atoms with E-state index in [1.54, 1.807) is 0 Å². The number of ether oxygens (including phenoxy) is 1. The van der Waals surface area contributed by atoms with Crippen molar-refractivity contribution in [3.8, 4) is 0 Å². The average molecular weight is 1060 g/mol. The normalized spacial score (nSPS) is 12.4. The molecule has 448 valence electrons. The number of unbranched alkanes of at least 4 members (excludes halogenated alkanes) is 55. The van der Waals surface area contributed by atoms with Gasteiger partial charge in [0.15, 0.2) is 0 Å². The number of aliphatic hydroxyl groups is 2. The Labute approximate surface area is 470 Å². The van der Waals surface area contributed by atoms with Crippen LogP contribution in [0, 0.1) is 0 Å². The van der Waals surface area contributed by atoms with Crippen LogP contribution in [0.1, 0.15) is 406 Å². The molecule has 2 unspecified atom stereocenters. The van der Waals surface area contributed by atoms with E-state index in [0.717, 1.165) is 38.5 Å². The second kappa shape index (κ2) is 65.4. The zero-order chi connectivity index (χ0) is 54.3. The van der Waals surface area contributed by atoms with Gasteiger partial charge in [-0.05, 0) is 25.7 Å². The maximum absolute atomic E-state index is 12.5. The van der Waals surface area contributed by atoms with Gasteiger partial charge in [0.05, 0.1) is 25.4 Å². The van der Waals surface area contributed by atoms with Gasteiger partial charge in [0.1, 0.15) is 0 Å². The van der Waals surface area contributed by atoms with Crippen LogP contribution in [0.2, 0.25) is 0 Å². The van der Waals surface area contributed by atoms with Gasteiger partial charge in [0.25, 0.3) is 0 Å². The predicted octanol–water partition coefficient (Wildman–Crippen LogP) is 22.2. The van der Waals surface area contributed by atoms with E-state index < -0.39 is 12.1 Å². The Morgan fingerprint density at radius 2 is 0.547 bits per heavy atom. The van der Waals surface area contributed by atoms with Crippen molar-refractivity contribution in [1.29, 1.82) is 0 Å². The highest BCUT2D eigenvalue weighted by Crippen LogP contribution is 2.19. The minimum atomic E-state index is -0.662. The summed E-state index contributed by atoms with van der Waals surface area (Å²) < 4.78 is 5.49. The Morgan fingerprint density at radius 1 is 0.320 bits per heavy atom. The van der Waals surface area contributed by atoms with Gasteiger partial charge in [-0.25, -0.2) is 0 Å². The van der Waals surface area contributed by atoms with E-state index in [-0.39, 0.29) is 18.5 Å². The van der Waals surface area contributed by atoms with Crippen LogP contribution < -0.4 is 5.32 Å². The Kier molecular flexibility index (Phi) is 64.4. The molecular weight excluding hydrogens is 923 g/mol. The molecule has 0 aliphatic rings. The average Bonchev–Trinajstić information content (AvgIpc) is 3.41. The third kappa shape index (κ3) is 61.9. The summed E-state index contributed by atoms with van der Waals surface area (Å²) in [4.78, 5) is 24.6. The van der Waals surface area contributed by atoms with Gasteiger partial charge in [-0.2, -0.15) is 0 Å². The van der Waals surface area contributed by atoms with Crippen molar-refractivity contribution in [2.45, 2.75) is 418 Å². The van der Waals surface area contributed by atoms with Gasteiger partial charge in [-0.1, -0.05) is 367 Å². The smallest absolute Gasteiger partial charge is 0.305 e. The Hall–Kier alpha value is -1.14. The van der Waals surface area contributed by atoms with Gasteiger partial charge in [0.2, 0.25) is 5.91 Å². The molecule has 6 nitrogen and oxygen atoms in total. The molecule has 3 N–H and O–H groups in total. The predicted molar refractivity (Wildman–Crippen MR) is 329 cm³/mol. The van der Waals surface area contributed by atoms with Crippen molar-refractivity contribution in [2.75, 3.05) is 13.2 Å². The van der Waals surface area contributed by atoms with Gasteiger partial charge < -0.3 is 20.3 Å². The molecule has 75 heavy (non-hydrogen) atoms. The van der Waals surface area contributed by atoms with E-state index in [9.17, 15) is 19.8 Å². The van der Waals surface area contributed by atoms with Crippen LogP contribution in [-0.2, 0) is 14.3 Å². The Morgan fingerprint density at radius 3 is 0.813 bits per heavy atom. The van der Waals surface area contributed by atoms with Crippen LogP contribution in [0.3, 0.4) is 0 Å². The molecule has 2 atom stereocenters. The first-order valence-electron chi connectivity index (χ1n) is 34.8. The number of aliphatic hydroxyl groups excluding tert-OH is 2. The quantitative estimate of drug-likeness (QED) is 0.0417. The molecule has 0 radical (unpaired) electrons. The summed E-state index contributed by atoms with van der Waals surface area (Å²) in [5.41, 5.74) is 0. The topological polar surface area (TPSA) is 95.9 Å². The largest absolute Gasteiger partial charge is 0.466 e. The van der Waals surface area contributed by atoms with Crippen LogP contribution in [0.15, 0.2) is 0 Å². The highest BCUT2D eigenvalue weighted by atomic mass is 16.5. The number of nitrogens with one attached hydrogen (secondary N) is 1. The summed E-state index contributed by atoms with van der Waals surface area (Å²) in [6.45, 7) is 5.00. The van der Waals surface area contributed by atoms with E-state index in [1.807, 2.05) is 0 Å². The SMILES string of the molecule is CCCCCCCCCCCCCCCCCCCCCC(O)C(CO)NC(=O)CCCCCCCCCCCCCCCCCCCCCCCCCCCCOC(=O)CCCCCCCCCCCCCCC. The fourth-order valence-electron chi connectivity index (χ4n) is 11.4. The van der Waals surface area contributed by atoms with Gasteiger partial charge >= 0.3 is 5.97 Å². The molecule has 0 aliphatic heterocycles. The van der Waals surface area contributed by atoms with Crippen molar-refractivity contribution in [1.82, 2.24) is 5.32 Å². The summed E-state index contributed by atoms with van der Waals surface area (Å²) in [7, 11) is 0. The van der Waals surface area contributed by atoms with E-state index in [2.05, 4.69) is 19.2 Å². The Bertz CT molecular complexity index is 1080. The lowest BCUT2D eigenvalue weighted by molar-refractivity contribution is -0.143. The van der Waals surface area contributed by atoms with Crippen molar-refractivity contribution < 1.29 is 24.5 Å². The number of esters is 1. The third-order valence-corrected chi connectivity index (χ3v) is 16.7. The third-order valence-electron chi connectivity index (χ3n) is 16.7. The molecule has 0 bridgehead atoms. The van der Waals surface area contributed by atoms with Gasteiger partial charge in [-0.3, -0.25) is 9.59 Å². The molecule has 0 saturated heterocycles. The molecule has 0 aromatic heterocycles. The van der Waals surface area contributed by atoms with Gasteiger partial charge in [0, 0.05) is 12.8 Å². The minimum absolute atomic E-state index is 0.0201. The van der Waals surface area contributed by atoms with Crippen LogP contribution in [0.25, 0.3) is 0 Å². The molecular formula is C69H137NO5. The monoisotopic (exact) mass is 1060 g/mol. The summed E-state index contributed by atoms with van der Waals surface area (Å²) in [5, 5.41) is 23.4. The lowest BCUT2D eigenvalue weighted by Crippen LogP contribution is -2.45. The lowest BCUT2D eigenvalue weighted by atomic mass is 10.0. The number of carbonyl (C=O) groups excluding carboxylic acids is 2. The van der Waals surface area contributed by atoms with Crippen molar-refractivity contribution in [2.24, 2.45) is 0 Å². The maximum atomic E-state index is 12.5. The number of hydrogen-bond acceptors (Lipinski definition) is 5. The summed E-state index contributed by atoms with van der Waals surface area (Å²) >= 11 is 0. The zero-order valence-corrected chi connectivity index (χ0v) is 51.3. The fourth-order valence-corrected chi connectivity index (χ4v) is 11.4. The molecule has 0 heterocycles. The van der Waals surface area contributed by atoms with Gasteiger partial charge in [-0.15, -0.1) is 0 Å². The first-order valence-corrected chi connectivity index (χ1v) is 34.8. The highest BCUT2D eigenvalue weighted by molar-refractivity contribution is 5.76. The second-order valence-corrected chi connectivity index (χ2v) is 24.2. The molecule has 0 saturated carbocycles. The molecule has 1 amide bonds. The molecule has 0 aromatic carbocycles. The first kappa shape index (κ1) is 73.9. The van der Waals surface area contributed by atoms with Crippen LogP contribution in [0.5, 0.6) is 0 Å². The first-order chi connectivity index (χ1) is 37.0. The lowest BCUT2D eigenvalue weighted by Gasteiger charge is -2.22. The number of hydrogen-bond donors (Lipinski definition) is 3. The van der Waals surface area contributed by atoms with Crippen molar-refractivity contribution in [3.63, 3.8) is 0 Å². The molecule has 0 rings (SSSR count). The molecule has 0 fully saturated rings. The number of rotatable bonds is 66.